The Bertz CT molecular complexity index is 102. The third-order valence-electron chi connectivity index (χ3n) is 2.23. The molecule has 74 valence electrons. The molecule has 0 fully saturated rings. The fraction of sp³-hybridized carbons (Fsp3) is 1.00. The van der Waals surface area contributed by atoms with E-state index < -0.39 is 0 Å². The molecule has 0 aromatic carbocycles. The minimum atomic E-state index is -0.0226. The van der Waals surface area contributed by atoms with Crippen molar-refractivity contribution in [1.29, 1.82) is 0 Å². The molecule has 0 spiro atoms. The van der Waals surface area contributed by atoms with Crippen LogP contribution in [0.5, 0.6) is 0 Å². The molecule has 0 aliphatic rings. The van der Waals surface area contributed by atoms with Gasteiger partial charge in [0.25, 0.3) is 0 Å². The summed E-state index contributed by atoms with van der Waals surface area (Å²) in [7, 11) is 1.72. The van der Waals surface area contributed by atoms with Gasteiger partial charge in [-0.1, -0.05) is 26.2 Å². The number of hydrogen-bond donors (Lipinski definition) is 1. The second-order valence-electron chi connectivity index (χ2n) is 3.85. The summed E-state index contributed by atoms with van der Waals surface area (Å²) in [5.74, 6) is 0. The molecule has 0 amide bonds. The van der Waals surface area contributed by atoms with Gasteiger partial charge in [-0.15, -0.1) is 0 Å². The average molecular weight is 173 g/mol. The van der Waals surface area contributed by atoms with Crippen molar-refractivity contribution < 1.29 is 4.74 Å². The van der Waals surface area contributed by atoms with Gasteiger partial charge in [-0.3, -0.25) is 0 Å². The number of unbranched alkanes of at least 4 members (excludes halogenated alkanes) is 2. The molecule has 2 N–H and O–H groups in total. The molecule has 0 aromatic rings. The Labute approximate surface area is 76.5 Å². The quantitative estimate of drug-likeness (QED) is 0.600. The third-order valence-corrected chi connectivity index (χ3v) is 2.23. The highest BCUT2D eigenvalue weighted by atomic mass is 16.5. The second kappa shape index (κ2) is 6.44. The van der Waals surface area contributed by atoms with E-state index in [0.29, 0.717) is 0 Å². The fourth-order valence-corrected chi connectivity index (χ4v) is 1.24. The van der Waals surface area contributed by atoms with Crippen LogP contribution in [0.25, 0.3) is 0 Å². The molecule has 0 saturated heterocycles. The van der Waals surface area contributed by atoms with Gasteiger partial charge in [0.15, 0.2) is 0 Å². The number of hydrogen-bond acceptors (Lipinski definition) is 2. The van der Waals surface area contributed by atoms with Crippen LogP contribution in [0.15, 0.2) is 0 Å². The average Bonchev–Trinajstić information content (AvgIpc) is 2.01. The molecule has 0 heterocycles. The summed E-state index contributed by atoms with van der Waals surface area (Å²) in [5, 5.41) is 0. The summed E-state index contributed by atoms with van der Waals surface area (Å²) in [4.78, 5) is 0. The topological polar surface area (TPSA) is 35.2 Å². The summed E-state index contributed by atoms with van der Waals surface area (Å²) in [6, 6.07) is 0. The largest absolute Gasteiger partial charge is 0.385 e. The van der Waals surface area contributed by atoms with Crippen molar-refractivity contribution in [3.8, 4) is 0 Å². The van der Waals surface area contributed by atoms with Crippen molar-refractivity contribution in [2.75, 3.05) is 13.7 Å². The lowest BCUT2D eigenvalue weighted by Gasteiger charge is -2.23. The van der Waals surface area contributed by atoms with E-state index in [1.54, 1.807) is 7.11 Å². The summed E-state index contributed by atoms with van der Waals surface area (Å²) in [5.41, 5.74) is 6.04. The Morgan fingerprint density at radius 3 is 2.42 bits per heavy atom. The van der Waals surface area contributed by atoms with Gasteiger partial charge < -0.3 is 10.5 Å². The smallest absolute Gasteiger partial charge is 0.0479 e. The molecule has 0 aromatic heterocycles. The lowest BCUT2D eigenvalue weighted by atomic mass is 9.92. The number of rotatable bonds is 7. The highest BCUT2D eigenvalue weighted by Gasteiger charge is 2.16. The first kappa shape index (κ1) is 11.9. The van der Waals surface area contributed by atoms with Crippen LogP contribution in [-0.2, 0) is 4.74 Å². The maximum Gasteiger partial charge on any atom is 0.0479 e. The van der Waals surface area contributed by atoms with Crippen LogP contribution in [0, 0.1) is 0 Å². The normalized spacial score (nSPS) is 16.0. The predicted molar refractivity (Wildman–Crippen MR) is 53.2 cm³/mol. The van der Waals surface area contributed by atoms with Crippen LogP contribution >= 0.6 is 0 Å². The molecular formula is C10H23NO. The Hall–Kier alpha value is -0.0800. The van der Waals surface area contributed by atoms with Crippen molar-refractivity contribution in [1.82, 2.24) is 0 Å². The lowest BCUT2D eigenvalue weighted by molar-refractivity contribution is 0.168. The highest BCUT2D eigenvalue weighted by molar-refractivity contribution is 4.77. The van der Waals surface area contributed by atoms with Crippen molar-refractivity contribution in [2.45, 2.75) is 51.5 Å². The summed E-state index contributed by atoms with van der Waals surface area (Å²) >= 11 is 0. The van der Waals surface area contributed by atoms with Crippen molar-refractivity contribution in [3.05, 3.63) is 0 Å². The second-order valence-corrected chi connectivity index (χ2v) is 3.85. The number of nitrogens with two attached hydrogens (primary N) is 1. The van der Waals surface area contributed by atoms with Crippen molar-refractivity contribution >= 4 is 0 Å². The molecule has 0 bridgehead atoms. The first-order valence-corrected chi connectivity index (χ1v) is 4.90. The SMILES string of the molecule is CCCCCC(C)(N)CCOC. The van der Waals surface area contributed by atoms with Crippen LogP contribution in [0.3, 0.4) is 0 Å². The van der Waals surface area contributed by atoms with E-state index >= 15 is 0 Å². The molecule has 0 aliphatic heterocycles. The highest BCUT2D eigenvalue weighted by Crippen LogP contribution is 2.15. The molecule has 0 radical (unpaired) electrons. The van der Waals surface area contributed by atoms with E-state index in [1.165, 1.54) is 19.3 Å². The van der Waals surface area contributed by atoms with Gasteiger partial charge >= 0.3 is 0 Å². The number of methoxy groups -OCH3 is 1. The van der Waals surface area contributed by atoms with Gasteiger partial charge in [0.2, 0.25) is 0 Å². The van der Waals surface area contributed by atoms with E-state index in [1.807, 2.05) is 0 Å². The third kappa shape index (κ3) is 6.62. The molecule has 1 unspecified atom stereocenters. The zero-order valence-corrected chi connectivity index (χ0v) is 8.73. The molecule has 12 heavy (non-hydrogen) atoms. The van der Waals surface area contributed by atoms with Gasteiger partial charge in [-0.2, -0.15) is 0 Å². The lowest BCUT2D eigenvalue weighted by Crippen LogP contribution is -2.37. The van der Waals surface area contributed by atoms with Gasteiger partial charge in [0.05, 0.1) is 0 Å². The zero-order chi connectivity index (χ0) is 9.45. The van der Waals surface area contributed by atoms with E-state index in [4.69, 9.17) is 10.5 Å². The summed E-state index contributed by atoms with van der Waals surface area (Å²) in [6.07, 6.45) is 5.88. The molecule has 1 atom stereocenters. The monoisotopic (exact) mass is 173 g/mol. The van der Waals surface area contributed by atoms with Crippen molar-refractivity contribution in [3.63, 3.8) is 0 Å². The van der Waals surface area contributed by atoms with E-state index in [9.17, 15) is 0 Å². The van der Waals surface area contributed by atoms with Gasteiger partial charge in [0, 0.05) is 19.3 Å². The minimum absolute atomic E-state index is 0.0226. The predicted octanol–water partition coefficient (Wildman–Crippen LogP) is 2.32. The fourth-order valence-electron chi connectivity index (χ4n) is 1.24. The zero-order valence-electron chi connectivity index (χ0n) is 8.73. The maximum absolute atomic E-state index is 6.06. The van der Waals surface area contributed by atoms with Crippen LogP contribution in [-0.4, -0.2) is 19.3 Å². The standard InChI is InChI=1S/C10H23NO/c1-4-5-6-7-10(2,11)8-9-12-3/h4-9,11H2,1-3H3. The summed E-state index contributed by atoms with van der Waals surface area (Å²) < 4.78 is 5.00. The molecule has 0 aliphatic carbocycles. The molecule has 0 saturated carbocycles. The van der Waals surface area contributed by atoms with E-state index in [2.05, 4.69) is 13.8 Å². The number of ether oxygens (including phenoxy) is 1. The molecule has 2 nitrogen and oxygen atoms in total. The summed E-state index contributed by atoms with van der Waals surface area (Å²) in [6.45, 7) is 5.10. The van der Waals surface area contributed by atoms with E-state index in [-0.39, 0.29) is 5.54 Å². The van der Waals surface area contributed by atoms with Gasteiger partial charge in [-0.05, 0) is 19.8 Å². The molecule has 2 heteroatoms. The van der Waals surface area contributed by atoms with E-state index in [0.717, 1.165) is 19.4 Å². The first-order valence-electron chi connectivity index (χ1n) is 4.90. The van der Waals surface area contributed by atoms with Gasteiger partial charge in [0.1, 0.15) is 0 Å². The Morgan fingerprint density at radius 1 is 1.25 bits per heavy atom. The Morgan fingerprint density at radius 2 is 1.92 bits per heavy atom. The van der Waals surface area contributed by atoms with Crippen molar-refractivity contribution in [2.24, 2.45) is 5.73 Å². The molecule has 0 rings (SSSR count). The Kier molecular flexibility index (Phi) is 6.39. The van der Waals surface area contributed by atoms with Crippen LogP contribution in [0.2, 0.25) is 0 Å². The minimum Gasteiger partial charge on any atom is -0.385 e. The van der Waals surface area contributed by atoms with Crippen LogP contribution in [0.4, 0.5) is 0 Å². The first-order chi connectivity index (χ1) is 5.62. The molecular weight excluding hydrogens is 150 g/mol. The van der Waals surface area contributed by atoms with Crippen LogP contribution < -0.4 is 5.73 Å². The van der Waals surface area contributed by atoms with Crippen LogP contribution in [0.1, 0.15) is 46.0 Å². The van der Waals surface area contributed by atoms with Gasteiger partial charge in [-0.25, -0.2) is 0 Å². The maximum atomic E-state index is 6.06. The Balaban J connectivity index is 3.42.